The largest absolute Gasteiger partial charge is 0.494 e. The fraction of sp³-hybridized carbons (Fsp3) is 0.125. The molecule has 9 heteroatoms. The summed E-state index contributed by atoms with van der Waals surface area (Å²) in [6.07, 6.45) is 5.11. The Kier molecular flexibility index (Phi) is 3.53. The number of H-pyrrole nitrogens is 1. The topological polar surface area (TPSA) is 93.5 Å². The number of benzene rings is 1. The maximum atomic E-state index is 13.7. The number of halogens is 1. The van der Waals surface area contributed by atoms with E-state index in [1.807, 2.05) is 7.05 Å². The van der Waals surface area contributed by atoms with E-state index in [9.17, 15) is 4.39 Å². The molecule has 0 radical (unpaired) electrons. The van der Waals surface area contributed by atoms with Crippen molar-refractivity contribution >= 4 is 22.7 Å². The smallest absolute Gasteiger partial charge is 0.229 e. The van der Waals surface area contributed by atoms with Crippen LogP contribution in [0, 0.1) is 5.82 Å². The SMILES string of the molecule is COc1cc(-c2nc(Nc3cnn(C)c3)nc3[nH]ncc23)ccc1F. The minimum atomic E-state index is -0.433. The Balaban J connectivity index is 1.83. The molecule has 0 atom stereocenters. The van der Waals surface area contributed by atoms with Crippen LogP contribution in [0.2, 0.25) is 0 Å². The van der Waals surface area contributed by atoms with Gasteiger partial charge < -0.3 is 10.1 Å². The van der Waals surface area contributed by atoms with E-state index in [2.05, 4.69) is 30.6 Å². The first kappa shape index (κ1) is 15.1. The summed E-state index contributed by atoms with van der Waals surface area (Å²) in [5, 5.41) is 14.8. The molecule has 126 valence electrons. The fourth-order valence-corrected chi connectivity index (χ4v) is 2.53. The minimum Gasteiger partial charge on any atom is -0.494 e. The first-order valence-corrected chi connectivity index (χ1v) is 7.45. The third kappa shape index (κ3) is 2.75. The molecule has 4 aromatic rings. The molecule has 0 aliphatic heterocycles. The van der Waals surface area contributed by atoms with E-state index in [0.29, 0.717) is 22.9 Å². The summed E-state index contributed by atoms with van der Waals surface area (Å²) in [4.78, 5) is 8.96. The number of aromatic amines is 1. The van der Waals surface area contributed by atoms with Crippen LogP contribution < -0.4 is 10.1 Å². The first-order chi connectivity index (χ1) is 12.1. The average molecular weight is 339 g/mol. The molecule has 0 spiro atoms. The fourth-order valence-electron chi connectivity index (χ4n) is 2.53. The molecule has 4 rings (SSSR count). The van der Waals surface area contributed by atoms with Gasteiger partial charge in [-0.3, -0.25) is 9.78 Å². The van der Waals surface area contributed by atoms with E-state index in [-0.39, 0.29) is 5.75 Å². The summed E-state index contributed by atoms with van der Waals surface area (Å²) in [5.41, 5.74) is 2.63. The predicted octanol–water partition coefficient (Wildman–Crippen LogP) is 2.64. The van der Waals surface area contributed by atoms with Gasteiger partial charge in [0.2, 0.25) is 5.95 Å². The van der Waals surface area contributed by atoms with Crippen LogP contribution in [0.4, 0.5) is 16.0 Å². The number of methoxy groups -OCH3 is 1. The highest BCUT2D eigenvalue weighted by molar-refractivity contribution is 5.91. The number of aryl methyl sites for hydroxylation is 1. The van der Waals surface area contributed by atoms with Gasteiger partial charge in [0.25, 0.3) is 0 Å². The molecule has 8 nitrogen and oxygen atoms in total. The number of ether oxygens (including phenoxy) is 1. The monoisotopic (exact) mass is 339 g/mol. The van der Waals surface area contributed by atoms with Gasteiger partial charge in [-0.2, -0.15) is 15.2 Å². The lowest BCUT2D eigenvalue weighted by molar-refractivity contribution is 0.387. The van der Waals surface area contributed by atoms with Gasteiger partial charge in [0.15, 0.2) is 17.2 Å². The Morgan fingerprint density at radius 1 is 1.24 bits per heavy atom. The zero-order valence-electron chi connectivity index (χ0n) is 13.5. The Bertz CT molecular complexity index is 1060. The standard InChI is InChI=1S/C16H14FN7O/c1-24-8-10(6-19-24)20-16-21-14(11-7-18-23-15(11)22-16)9-3-4-12(17)13(5-9)25-2/h3-8H,1-2H3,(H2,18,20,21,22,23). The van der Waals surface area contributed by atoms with Crippen LogP contribution in [-0.2, 0) is 7.05 Å². The average Bonchev–Trinajstić information content (AvgIpc) is 3.23. The highest BCUT2D eigenvalue weighted by Gasteiger charge is 2.14. The van der Waals surface area contributed by atoms with E-state index in [1.165, 1.54) is 13.2 Å². The molecule has 0 unspecified atom stereocenters. The van der Waals surface area contributed by atoms with Crippen LogP contribution in [0.25, 0.3) is 22.3 Å². The molecule has 0 bridgehead atoms. The maximum Gasteiger partial charge on any atom is 0.229 e. The molecule has 0 amide bonds. The number of aromatic nitrogens is 6. The van der Waals surface area contributed by atoms with Gasteiger partial charge in [0.1, 0.15) is 0 Å². The van der Waals surface area contributed by atoms with Crippen LogP contribution >= 0.6 is 0 Å². The molecule has 0 saturated carbocycles. The Morgan fingerprint density at radius 2 is 2.12 bits per heavy atom. The van der Waals surface area contributed by atoms with Crippen LogP contribution in [0.3, 0.4) is 0 Å². The van der Waals surface area contributed by atoms with Crippen molar-refractivity contribution in [2.75, 3.05) is 12.4 Å². The number of nitrogens with one attached hydrogen (secondary N) is 2. The maximum absolute atomic E-state index is 13.7. The van der Waals surface area contributed by atoms with E-state index in [1.54, 1.807) is 35.4 Å². The number of hydrogen-bond acceptors (Lipinski definition) is 6. The Hall–Kier alpha value is -3.49. The minimum absolute atomic E-state index is 0.148. The molecule has 2 N–H and O–H groups in total. The number of hydrogen-bond donors (Lipinski definition) is 2. The van der Waals surface area contributed by atoms with Gasteiger partial charge in [-0.05, 0) is 18.2 Å². The van der Waals surface area contributed by atoms with E-state index >= 15 is 0 Å². The Labute approximate surface area is 141 Å². The summed E-state index contributed by atoms with van der Waals surface area (Å²) >= 11 is 0. The van der Waals surface area contributed by atoms with Crippen molar-refractivity contribution in [2.45, 2.75) is 0 Å². The molecule has 0 saturated heterocycles. The van der Waals surface area contributed by atoms with Gasteiger partial charge in [-0.1, -0.05) is 0 Å². The van der Waals surface area contributed by atoms with E-state index in [4.69, 9.17) is 4.74 Å². The zero-order chi connectivity index (χ0) is 17.4. The van der Waals surface area contributed by atoms with Gasteiger partial charge in [0.05, 0.1) is 36.3 Å². The van der Waals surface area contributed by atoms with E-state index in [0.717, 1.165) is 11.1 Å². The number of fused-ring (bicyclic) bond motifs is 1. The second-order valence-corrected chi connectivity index (χ2v) is 5.41. The lowest BCUT2D eigenvalue weighted by atomic mass is 10.1. The van der Waals surface area contributed by atoms with Crippen LogP contribution in [-0.4, -0.2) is 37.1 Å². The van der Waals surface area contributed by atoms with Crippen molar-refractivity contribution in [2.24, 2.45) is 7.05 Å². The third-order valence-electron chi connectivity index (χ3n) is 3.70. The molecule has 3 heterocycles. The molecule has 25 heavy (non-hydrogen) atoms. The van der Waals surface area contributed by atoms with Crippen molar-refractivity contribution in [3.05, 3.63) is 42.6 Å². The van der Waals surface area contributed by atoms with Crippen molar-refractivity contribution in [1.29, 1.82) is 0 Å². The molecular formula is C16H14FN7O. The summed E-state index contributed by atoms with van der Waals surface area (Å²) in [6.45, 7) is 0. The number of rotatable bonds is 4. The van der Waals surface area contributed by atoms with Gasteiger partial charge in [-0.15, -0.1) is 0 Å². The normalized spacial score (nSPS) is 11.0. The first-order valence-electron chi connectivity index (χ1n) is 7.45. The van der Waals surface area contributed by atoms with E-state index < -0.39 is 5.82 Å². The highest BCUT2D eigenvalue weighted by atomic mass is 19.1. The van der Waals surface area contributed by atoms with Gasteiger partial charge in [0, 0.05) is 18.8 Å². The molecule has 0 aliphatic rings. The van der Waals surface area contributed by atoms with Crippen LogP contribution in [0.1, 0.15) is 0 Å². The molecule has 0 aliphatic carbocycles. The predicted molar refractivity (Wildman–Crippen MR) is 90.1 cm³/mol. The molecular weight excluding hydrogens is 325 g/mol. The highest BCUT2D eigenvalue weighted by Crippen LogP contribution is 2.30. The van der Waals surface area contributed by atoms with Crippen LogP contribution in [0.15, 0.2) is 36.8 Å². The third-order valence-corrected chi connectivity index (χ3v) is 3.70. The second-order valence-electron chi connectivity index (χ2n) is 5.41. The Morgan fingerprint density at radius 3 is 2.88 bits per heavy atom. The summed E-state index contributed by atoms with van der Waals surface area (Å²) < 4.78 is 20.4. The molecule has 1 aromatic carbocycles. The van der Waals surface area contributed by atoms with Crippen LogP contribution in [0.5, 0.6) is 5.75 Å². The second kappa shape index (κ2) is 5.86. The van der Waals surface area contributed by atoms with Crippen molar-refractivity contribution in [3.8, 4) is 17.0 Å². The summed E-state index contributed by atoms with van der Waals surface area (Å²) in [7, 11) is 3.24. The van der Waals surface area contributed by atoms with Crippen molar-refractivity contribution < 1.29 is 9.13 Å². The lowest BCUT2D eigenvalue weighted by Gasteiger charge is -2.08. The number of anilines is 2. The number of nitrogens with zero attached hydrogens (tertiary/aromatic N) is 5. The summed E-state index contributed by atoms with van der Waals surface area (Å²) in [5.74, 6) is 0.0926. The van der Waals surface area contributed by atoms with Crippen molar-refractivity contribution in [1.82, 2.24) is 29.9 Å². The zero-order valence-corrected chi connectivity index (χ0v) is 13.5. The summed E-state index contributed by atoms with van der Waals surface area (Å²) in [6, 6.07) is 4.58. The van der Waals surface area contributed by atoms with Crippen molar-refractivity contribution in [3.63, 3.8) is 0 Å². The molecule has 3 aromatic heterocycles. The quantitative estimate of drug-likeness (QED) is 0.594. The lowest BCUT2D eigenvalue weighted by Crippen LogP contribution is -1.99. The molecule has 0 fully saturated rings. The van der Waals surface area contributed by atoms with Gasteiger partial charge in [-0.25, -0.2) is 9.37 Å². The van der Waals surface area contributed by atoms with Gasteiger partial charge >= 0.3 is 0 Å².